The Hall–Kier alpha value is 0.100. The molecular weight excluding hydrogens is 251 g/mol. The highest BCUT2D eigenvalue weighted by atomic mass is 127. The summed E-state index contributed by atoms with van der Waals surface area (Å²) >= 11 is 0. The first-order valence-corrected chi connectivity index (χ1v) is 3.84. The molecule has 1 aliphatic rings. The van der Waals surface area contributed by atoms with Crippen LogP contribution in [0, 0.1) is 0 Å². The zero-order valence-corrected chi connectivity index (χ0v) is 9.28. The van der Waals surface area contributed by atoms with E-state index in [4.69, 9.17) is 0 Å². The molecule has 1 atom stereocenters. The summed E-state index contributed by atoms with van der Waals surface area (Å²) in [5.74, 6) is 0. The Bertz CT molecular complexity index is 151. The SMILES string of the molecule is CCCC[N+]1(C)C=CN=C1.[I-]. The highest BCUT2D eigenvalue weighted by Crippen LogP contribution is 2.08. The number of unbranched alkanes of at least 4 members (excludes halogenated alkanes) is 1. The summed E-state index contributed by atoms with van der Waals surface area (Å²) < 4.78 is 0.883. The zero-order valence-electron chi connectivity index (χ0n) is 7.13. The molecule has 2 nitrogen and oxygen atoms in total. The van der Waals surface area contributed by atoms with Gasteiger partial charge in [0.05, 0.1) is 19.8 Å². The van der Waals surface area contributed by atoms with Crippen LogP contribution in [0.2, 0.25) is 0 Å². The summed E-state index contributed by atoms with van der Waals surface area (Å²) in [4.78, 5) is 4.06. The van der Waals surface area contributed by atoms with Crippen LogP contribution in [0.3, 0.4) is 0 Å². The molecule has 0 bridgehead atoms. The minimum absolute atomic E-state index is 0. The molecule has 0 saturated carbocycles. The Kier molecular flexibility index (Phi) is 4.92. The van der Waals surface area contributed by atoms with Crippen molar-refractivity contribution in [1.29, 1.82) is 0 Å². The molecule has 0 aromatic rings. The molecule has 0 N–H and O–H groups in total. The molecule has 0 radical (unpaired) electrons. The quantitative estimate of drug-likeness (QED) is 0.447. The van der Waals surface area contributed by atoms with Gasteiger partial charge in [-0.3, -0.25) is 4.48 Å². The Balaban J connectivity index is 0.000001000. The molecule has 64 valence electrons. The van der Waals surface area contributed by atoms with Crippen molar-refractivity contribution >= 4 is 6.34 Å². The molecule has 0 saturated heterocycles. The van der Waals surface area contributed by atoms with Crippen LogP contribution < -0.4 is 24.0 Å². The number of quaternary nitrogens is 1. The van der Waals surface area contributed by atoms with Crippen LogP contribution in [-0.4, -0.2) is 24.4 Å². The lowest BCUT2D eigenvalue weighted by Crippen LogP contribution is -3.00. The highest BCUT2D eigenvalue weighted by molar-refractivity contribution is 5.50. The van der Waals surface area contributed by atoms with Crippen LogP contribution in [0.25, 0.3) is 0 Å². The van der Waals surface area contributed by atoms with Crippen molar-refractivity contribution in [3.05, 3.63) is 12.4 Å². The Morgan fingerprint density at radius 1 is 1.45 bits per heavy atom. The third kappa shape index (κ3) is 3.33. The van der Waals surface area contributed by atoms with Crippen molar-refractivity contribution in [3.8, 4) is 0 Å². The first-order chi connectivity index (χ1) is 4.77. The Labute approximate surface area is 85.6 Å². The number of nitrogens with zero attached hydrogens (tertiary/aromatic N) is 2. The second kappa shape index (κ2) is 4.87. The maximum absolute atomic E-state index is 4.06. The van der Waals surface area contributed by atoms with Gasteiger partial charge in [0, 0.05) is 0 Å². The number of hydrogen-bond acceptors (Lipinski definition) is 1. The molecule has 3 heteroatoms. The Morgan fingerprint density at radius 3 is 2.64 bits per heavy atom. The highest BCUT2D eigenvalue weighted by Gasteiger charge is 2.17. The van der Waals surface area contributed by atoms with E-state index in [9.17, 15) is 0 Å². The van der Waals surface area contributed by atoms with Gasteiger partial charge in [-0.25, -0.2) is 4.99 Å². The van der Waals surface area contributed by atoms with Crippen LogP contribution in [0.5, 0.6) is 0 Å². The molecule has 1 unspecified atom stereocenters. The zero-order chi connectivity index (χ0) is 7.45. The summed E-state index contributed by atoms with van der Waals surface area (Å²) in [7, 11) is 2.17. The third-order valence-electron chi connectivity index (χ3n) is 1.82. The van der Waals surface area contributed by atoms with Crippen molar-refractivity contribution in [2.75, 3.05) is 13.6 Å². The van der Waals surface area contributed by atoms with Crippen LogP contribution in [0.15, 0.2) is 17.4 Å². The molecule has 11 heavy (non-hydrogen) atoms. The predicted octanol–water partition coefficient (Wildman–Crippen LogP) is -1.25. The molecule has 0 spiro atoms. The van der Waals surface area contributed by atoms with Gasteiger partial charge in [0.25, 0.3) is 0 Å². The molecule has 0 fully saturated rings. The van der Waals surface area contributed by atoms with Gasteiger partial charge in [0.15, 0.2) is 6.34 Å². The normalized spacial score (nSPS) is 27.1. The largest absolute Gasteiger partial charge is 1.00 e. The summed E-state index contributed by atoms with van der Waals surface area (Å²) in [5.41, 5.74) is 0. The number of aliphatic imine (C=N–C) groups is 1. The maximum atomic E-state index is 4.06. The van der Waals surface area contributed by atoms with E-state index in [0.29, 0.717) is 0 Å². The lowest BCUT2D eigenvalue weighted by molar-refractivity contribution is -0.756. The van der Waals surface area contributed by atoms with Gasteiger partial charge >= 0.3 is 0 Å². The average Bonchev–Trinajstić information content (AvgIpc) is 2.33. The van der Waals surface area contributed by atoms with Crippen LogP contribution in [0.4, 0.5) is 0 Å². The van der Waals surface area contributed by atoms with Gasteiger partial charge in [0.2, 0.25) is 0 Å². The van der Waals surface area contributed by atoms with Crippen molar-refractivity contribution < 1.29 is 28.5 Å². The second-order valence-electron chi connectivity index (χ2n) is 2.99. The molecule has 0 aliphatic carbocycles. The average molecular weight is 266 g/mol. The number of rotatable bonds is 3. The Morgan fingerprint density at radius 2 is 2.18 bits per heavy atom. The summed E-state index contributed by atoms with van der Waals surface area (Å²) in [6.45, 7) is 3.39. The molecule has 1 heterocycles. The van der Waals surface area contributed by atoms with Crippen LogP contribution in [0.1, 0.15) is 19.8 Å². The van der Waals surface area contributed by atoms with E-state index in [1.807, 2.05) is 12.5 Å². The number of halogens is 1. The molecule has 0 aromatic carbocycles. The fraction of sp³-hybridized carbons (Fsp3) is 0.625. The molecule has 1 aliphatic heterocycles. The third-order valence-corrected chi connectivity index (χ3v) is 1.82. The van der Waals surface area contributed by atoms with E-state index < -0.39 is 0 Å². The first kappa shape index (κ1) is 11.1. The maximum Gasteiger partial charge on any atom is 0.194 e. The van der Waals surface area contributed by atoms with E-state index in [1.54, 1.807) is 0 Å². The molecule has 0 aromatic heterocycles. The van der Waals surface area contributed by atoms with E-state index >= 15 is 0 Å². The molecule has 1 rings (SSSR count). The van der Waals surface area contributed by atoms with Crippen LogP contribution >= 0.6 is 0 Å². The topological polar surface area (TPSA) is 12.4 Å². The summed E-state index contributed by atoms with van der Waals surface area (Å²) in [6, 6.07) is 0. The smallest absolute Gasteiger partial charge is 0.194 e. The van der Waals surface area contributed by atoms with Gasteiger partial charge in [0.1, 0.15) is 6.20 Å². The van der Waals surface area contributed by atoms with Crippen molar-refractivity contribution in [3.63, 3.8) is 0 Å². The number of hydrogen-bond donors (Lipinski definition) is 0. The van der Waals surface area contributed by atoms with Crippen LogP contribution in [-0.2, 0) is 0 Å². The van der Waals surface area contributed by atoms with Crippen molar-refractivity contribution in [2.24, 2.45) is 4.99 Å². The second-order valence-corrected chi connectivity index (χ2v) is 2.99. The van der Waals surface area contributed by atoms with Gasteiger partial charge in [-0.05, 0) is 6.42 Å². The lowest BCUT2D eigenvalue weighted by atomic mass is 10.3. The lowest BCUT2D eigenvalue weighted by Gasteiger charge is -2.20. The fourth-order valence-electron chi connectivity index (χ4n) is 1.05. The van der Waals surface area contributed by atoms with Crippen molar-refractivity contribution in [2.45, 2.75) is 19.8 Å². The van der Waals surface area contributed by atoms with Gasteiger partial charge in [-0.15, -0.1) is 0 Å². The standard InChI is InChI=1S/C8H15N2.HI/c1-3-4-6-10(2)7-5-9-8-10;/h5,7-8H,3-4,6H2,1-2H3;1H/q+1;/p-1. The molecule has 0 amide bonds. The fourth-order valence-corrected chi connectivity index (χ4v) is 1.05. The van der Waals surface area contributed by atoms with E-state index in [-0.39, 0.29) is 24.0 Å². The molecular formula is C8H15IN2. The van der Waals surface area contributed by atoms with Gasteiger partial charge < -0.3 is 24.0 Å². The van der Waals surface area contributed by atoms with E-state index in [0.717, 1.165) is 4.48 Å². The summed E-state index contributed by atoms with van der Waals surface area (Å²) in [6.07, 6.45) is 8.50. The first-order valence-electron chi connectivity index (χ1n) is 3.84. The van der Waals surface area contributed by atoms with Crippen molar-refractivity contribution in [1.82, 2.24) is 0 Å². The summed E-state index contributed by atoms with van der Waals surface area (Å²) in [5, 5.41) is 0. The minimum Gasteiger partial charge on any atom is -1.00 e. The predicted molar refractivity (Wildman–Crippen MR) is 43.6 cm³/mol. The van der Waals surface area contributed by atoms with E-state index in [1.165, 1.54) is 19.4 Å². The monoisotopic (exact) mass is 266 g/mol. The van der Waals surface area contributed by atoms with E-state index in [2.05, 4.69) is 25.2 Å². The minimum atomic E-state index is 0. The van der Waals surface area contributed by atoms with Gasteiger partial charge in [-0.1, -0.05) is 13.3 Å². The van der Waals surface area contributed by atoms with Gasteiger partial charge in [-0.2, -0.15) is 0 Å².